The van der Waals surface area contributed by atoms with E-state index in [-0.39, 0.29) is 18.0 Å². The number of rotatable bonds is 14. The van der Waals surface area contributed by atoms with E-state index in [2.05, 4.69) is 23.9 Å². The minimum Gasteiger partial charge on any atom is -0.488 e. The smallest absolute Gasteiger partial charge is 0.305 e. The van der Waals surface area contributed by atoms with Crippen molar-refractivity contribution in [2.45, 2.75) is 58.5 Å². The van der Waals surface area contributed by atoms with Crippen molar-refractivity contribution in [2.24, 2.45) is 5.11 Å². The van der Waals surface area contributed by atoms with Gasteiger partial charge in [0.1, 0.15) is 11.4 Å². The molecule has 0 heterocycles. The Bertz CT molecular complexity index is 640. The standard InChI is InChI=1S/C21H33N3O5/c1-5-17(6-2)29-19-15-16(11-12-18(19)23-22)24(13-7-9-20(25)27-3)14-8-10-21(26)28-4/h11-12,15,17,22H,5-10,13-14H2,1-4H3. The first-order chi connectivity index (χ1) is 14.0. The van der Waals surface area contributed by atoms with E-state index in [1.54, 1.807) is 6.07 Å². The molecule has 8 heteroatoms. The molecule has 0 aliphatic carbocycles. The fourth-order valence-electron chi connectivity index (χ4n) is 2.92. The summed E-state index contributed by atoms with van der Waals surface area (Å²) in [4.78, 5) is 25.0. The number of hydrogen-bond donors (Lipinski definition) is 1. The molecule has 0 saturated carbocycles. The van der Waals surface area contributed by atoms with Crippen LogP contribution in [-0.4, -0.2) is 45.4 Å². The molecule has 0 aliphatic heterocycles. The van der Waals surface area contributed by atoms with Crippen molar-refractivity contribution < 1.29 is 23.8 Å². The quantitative estimate of drug-likeness (QED) is 0.356. The molecule has 1 aromatic carbocycles. The first-order valence-corrected chi connectivity index (χ1v) is 10.1. The van der Waals surface area contributed by atoms with Crippen LogP contribution in [0.25, 0.3) is 0 Å². The minimum atomic E-state index is -0.249. The Morgan fingerprint density at radius 3 is 2.03 bits per heavy atom. The Balaban J connectivity index is 2.99. The maximum absolute atomic E-state index is 11.4. The molecule has 1 aromatic rings. The summed E-state index contributed by atoms with van der Waals surface area (Å²) in [6.07, 6.45) is 3.66. The van der Waals surface area contributed by atoms with Gasteiger partial charge in [-0.3, -0.25) is 9.59 Å². The second-order valence-corrected chi connectivity index (χ2v) is 6.67. The normalized spacial score (nSPS) is 10.5. The lowest BCUT2D eigenvalue weighted by Gasteiger charge is -2.26. The lowest BCUT2D eigenvalue weighted by Crippen LogP contribution is -2.27. The van der Waals surface area contributed by atoms with Crippen LogP contribution >= 0.6 is 0 Å². The van der Waals surface area contributed by atoms with Crippen LogP contribution in [0.3, 0.4) is 0 Å². The van der Waals surface area contributed by atoms with Gasteiger partial charge in [0.15, 0.2) is 0 Å². The molecule has 0 atom stereocenters. The molecule has 0 spiro atoms. The Kier molecular flexibility index (Phi) is 11.4. The van der Waals surface area contributed by atoms with Gasteiger partial charge in [-0.15, -0.1) is 0 Å². The third-order valence-corrected chi connectivity index (χ3v) is 4.71. The van der Waals surface area contributed by atoms with Gasteiger partial charge >= 0.3 is 11.9 Å². The van der Waals surface area contributed by atoms with Gasteiger partial charge in [0.05, 0.1) is 20.3 Å². The lowest BCUT2D eigenvalue weighted by molar-refractivity contribution is -0.141. The summed E-state index contributed by atoms with van der Waals surface area (Å²) in [6.45, 7) is 5.36. The molecule has 0 radical (unpaired) electrons. The number of nitrogens with one attached hydrogen (secondary N) is 1. The van der Waals surface area contributed by atoms with E-state index < -0.39 is 0 Å². The minimum absolute atomic E-state index is 0.0536. The van der Waals surface area contributed by atoms with Crippen LogP contribution in [0, 0.1) is 5.53 Å². The van der Waals surface area contributed by atoms with Crippen molar-refractivity contribution in [3.05, 3.63) is 18.2 Å². The number of carbonyl (C=O) groups excluding carboxylic acids is 2. The zero-order valence-electron chi connectivity index (χ0n) is 17.9. The molecule has 0 bridgehead atoms. The maximum Gasteiger partial charge on any atom is 0.305 e. The SMILES string of the molecule is CCC(CC)Oc1cc(N(CCCC(=O)OC)CCCC(=O)OC)ccc1N=N. The van der Waals surface area contributed by atoms with E-state index in [4.69, 9.17) is 19.7 Å². The molecule has 1 N–H and O–H groups in total. The third kappa shape index (κ3) is 8.50. The number of carbonyl (C=O) groups is 2. The van der Waals surface area contributed by atoms with E-state index in [0.717, 1.165) is 18.5 Å². The van der Waals surface area contributed by atoms with Crippen LogP contribution in [0.4, 0.5) is 11.4 Å². The zero-order valence-corrected chi connectivity index (χ0v) is 17.9. The number of anilines is 1. The molecule has 0 fully saturated rings. The van der Waals surface area contributed by atoms with E-state index in [1.807, 2.05) is 12.1 Å². The second kappa shape index (κ2) is 13.5. The molecule has 8 nitrogen and oxygen atoms in total. The van der Waals surface area contributed by atoms with Crippen molar-refractivity contribution in [3.8, 4) is 5.75 Å². The molecule has 162 valence electrons. The van der Waals surface area contributed by atoms with E-state index >= 15 is 0 Å². The number of ether oxygens (including phenoxy) is 3. The van der Waals surface area contributed by atoms with Gasteiger partial charge < -0.3 is 19.1 Å². The first-order valence-electron chi connectivity index (χ1n) is 10.1. The maximum atomic E-state index is 11.4. The van der Waals surface area contributed by atoms with Crippen LogP contribution in [0.5, 0.6) is 5.75 Å². The number of nitrogens with zero attached hydrogens (tertiary/aromatic N) is 2. The molecule has 0 unspecified atom stereocenters. The molecular weight excluding hydrogens is 374 g/mol. The van der Waals surface area contributed by atoms with Crippen LogP contribution in [0.2, 0.25) is 0 Å². The largest absolute Gasteiger partial charge is 0.488 e. The average molecular weight is 408 g/mol. The van der Waals surface area contributed by atoms with Crippen LogP contribution in [-0.2, 0) is 19.1 Å². The Hall–Kier alpha value is -2.64. The molecule has 0 aliphatic rings. The summed E-state index contributed by atoms with van der Waals surface area (Å²) in [6, 6.07) is 5.51. The highest BCUT2D eigenvalue weighted by molar-refractivity contribution is 5.69. The molecule has 29 heavy (non-hydrogen) atoms. The topological polar surface area (TPSA) is 101 Å². The summed E-state index contributed by atoms with van der Waals surface area (Å²) in [5.41, 5.74) is 8.78. The summed E-state index contributed by atoms with van der Waals surface area (Å²) in [5.74, 6) is 0.0679. The van der Waals surface area contributed by atoms with Gasteiger partial charge in [-0.05, 0) is 37.8 Å². The van der Waals surface area contributed by atoms with Gasteiger partial charge in [-0.2, -0.15) is 5.11 Å². The van der Waals surface area contributed by atoms with Crippen molar-refractivity contribution in [2.75, 3.05) is 32.2 Å². The molecule has 0 saturated heterocycles. The second-order valence-electron chi connectivity index (χ2n) is 6.67. The van der Waals surface area contributed by atoms with Gasteiger partial charge in [0.25, 0.3) is 0 Å². The van der Waals surface area contributed by atoms with E-state index in [1.165, 1.54) is 14.2 Å². The Morgan fingerprint density at radius 1 is 1.03 bits per heavy atom. The highest BCUT2D eigenvalue weighted by Crippen LogP contribution is 2.34. The summed E-state index contributed by atoms with van der Waals surface area (Å²) in [5, 5.41) is 3.57. The highest BCUT2D eigenvalue weighted by atomic mass is 16.5. The third-order valence-electron chi connectivity index (χ3n) is 4.71. The van der Waals surface area contributed by atoms with Crippen LogP contribution < -0.4 is 9.64 Å². The fourth-order valence-corrected chi connectivity index (χ4v) is 2.92. The van der Waals surface area contributed by atoms with Gasteiger partial charge in [-0.1, -0.05) is 13.8 Å². The monoisotopic (exact) mass is 407 g/mol. The van der Waals surface area contributed by atoms with E-state index in [9.17, 15) is 9.59 Å². The van der Waals surface area contributed by atoms with Gasteiger partial charge in [0.2, 0.25) is 0 Å². The fraction of sp³-hybridized carbons (Fsp3) is 0.619. The Labute approximate surface area is 173 Å². The van der Waals surface area contributed by atoms with Crippen molar-refractivity contribution in [3.63, 3.8) is 0 Å². The van der Waals surface area contributed by atoms with Crippen LogP contribution in [0.15, 0.2) is 23.3 Å². The predicted octanol–water partition coefficient (Wildman–Crippen LogP) is 4.63. The van der Waals surface area contributed by atoms with Gasteiger partial charge in [0, 0.05) is 37.7 Å². The number of esters is 2. The summed E-state index contributed by atoms with van der Waals surface area (Å²) < 4.78 is 15.5. The molecular formula is C21H33N3O5. The lowest BCUT2D eigenvalue weighted by atomic mass is 10.2. The average Bonchev–Trinajstić information content (AvgIpc) is 2.75. The zero-order chi connectivity index (χ0) is 21.6. The molecule has 0 amide bonds. The predicted molar refractivity (Wildman–Crippen MR) is 111 cm³/mol. The van der Waals surface area contributed by atoms with Crippen molar-refractivity contribution in [1.29, 1.82) is 5.53 Å². The molecule has 0 aromatic heterocycles. The van der Waals surface area contributed by atoms with Gasteiger partial charge in [-0.25, -0.2) is 5.53 Å². The van der Waals surface area contributed by atoms with E-state index in [0.29, 0.717) is 50.2 Å². The Morgan fingerprint density at radius 2 is 1.59 bits per heavy atom. The highest BCUT2D eigenvalue weighted by Gasteiger charge is 2.15. The number of hydrogen-bond acceptors (Lipinski definition) is 8. The summed E-state index contributed by atoms with van der Waals surface area (Å²) >= 11 is 0. The number of benzene rings is 1. The first kappa shape index (κ1) is 24.4. The van der Waals surface area contributed by atoms with Crippen molar-refractivity contribution >= 4 is 23.3 Å². The number of methoxy groups -OCH3 is 2. The van der Waals surface area contributed by atoms with Crippen LogP contribution in [0.1, 0.15) is 52.4 Å². The molecule has 1 rings (SSSR count). The summed E-state index contributed by atoms with van der Waals surface area (Å²) in [7, 11) is 2.75. The van der Waals surface area contributed by atoms with Crippen molar-refractivity contribution in [1.82, 2.24) is 0 Å².